The predicted octanol–water partition coefficient (Wildman–Crippen LogP) is 2.16. The van der Waals surface area contributed by atoms with Gasteiger partial charge in [0.05, 0.1) is 12.0 Å². The van der Waals surface area contributed by atoms with Crippen molar-refractivity contribution in [1.82, 2.24) is 0 Å². The second-order valence-electron chi connectivity index (χ2n) is 5.52. The molecule has 5 heteroatoms. The highest BCUT2D eigenvalue weighted by Crippen LogP contribution is 2.21. The highest BCUT2D eigenvalue weighted by molar-refractivity contribution is 6.03. The van der Waals surface area contributed by atoms with Gasteiger partial charge < -0.3 is 10.1 Å². The van der Waals surface area contributed by atoms with Gasteiger partial charge in [-0.15, -0.1) is 0 Å². The lowest BCUT2D eigenvalue weighted by molar-refractivity contribution is -0.124. The van der Waals surface area contributed by atoms with Crippen LogP contribution in [-0.2, 0) is 14.3 Å². The van der Waals surface area contributed by atoms with Gasteiger partial charge in [0.1, 0.15) is 12.4 Å². The van der Waals surface area contributed by atoms with Gasteiger partial charge in [-0.3, -0.25) is 9.59 Å². The summed E-state index contributed by atoms with van der Waals surface area (Å²) >= 11 is 0. The average molecular weight is 274 g/mol. The number of rotatable bonds is 4. The number of carbonyl (C=O) groups excluding carboxylic acids is 2. The van der Waals surface area contributed by atoms with E-state index in [1.165, 1.54) is 6.92 Å². The van der Waals surface area contributed by atoms with Crippen molar-refractivity contribution in [2.45, 2.75) is 32.7 Å². The average Bonchev–Trinajstić information content (AvgIpc) is 2.69. The maximum atomic E-state index is 11.5. The third-order valence-corrected chi connectivity index (χ3v) is 2.79. The van der Waals surface area contributed by atoms with E-state index in [1.54, 1.807) is 12.1 Å². The summed E-state index contributed by atoms with van der Waals surface area (Å²) < 4.78 is 5.55. The number of aliphatic imine (C=N–C) groups is 1. The summed E-state index contributed by atoms with van der Waals surface area (Å²) in [5, 5.41) is 2.67. The van der Waals surface area contributed by atoms with Gasteiger partial charge in [-0.1, -0.05) is 0 Å². The number of benzene rings is 1. The van der Waals surface area contributed by atoms with Crippen molar-refractivity contribution in [3.8, 4) is 0 Å². The Hall–Kier alpha value is -2.17. The molecule has 2 rings (SSSR count). The van der Waals surface area contributed by atoms with Crippen LogP contribution < -0.4 is 5.32 Å². The Bertz CT molecular complexity index is 559. The summed E-state index contributed by atoms with van der Waals surface area (Å²) in [6.07, 6.45) is -0.105. The minimum atomic E-state index is -0.305. The predicted molar refractivity (Wildman–Crippen MR) is 76.9 cm³/mol. The lowest BCUT2D eigenvalue weighted by Gasteiger charge is -2.07. The number of amides is 1. The third kappa shape index (κ3) is 3.66. The second-order valence-corrected chi connectivity index (χ2v) is 5.52. The van der Waals surface area contributed by atoms with E-state index in [2.05, 4.69) is 10.3 Å². The van der Waals surface area contributed by atoms with Crippen molar-refractivity contribution in [3.63, 3.8) is 0 Å². The molecular weight excluding hydrogens is 256 g/mol. The van der Waals surface area contributed by atoms with Crippen molar-refractivity contribution in [2.24, 2.45) is 4.99 Å². The molecule has 1 aliphatic heterocycles. The number of carbonyl (C=O) groups is 2. The number of nitrogens with zero attached hydrogens (tertiary/aromatic N) is 1. The van der Waals surface area contributed by atoms with Crippen molar-refractivity contribution in [2.75, 3.05) is 11.9 Å². The molecule has 0 unspecified atom stereocenters. The van der Waals surface area contributed by atoms with E-state index in [0.717, 1.165) is 5.56 Å². The quantitative estimate of drug-likeness (QED) is 0.855. The highest BCUT2D eigenvalue weighted by Gasteiger charge is 2.26. The molecule has 0 aliphatic carbocycles. The van der Waals surface area contributed by atoms with Crippen LogP contribution in [0.3, 0.4) is 0 Å². The summed E-state index contributed by atoms with van der Waals surface area (Å²) in [5.41, 5.74) is 1.34. The van der Waals surface area contributed by atoms with Crippen LogP contribution in [0.4, 0.5) is 5.69 Å². The third-order valence-electron chi connectivity index (χ3n) is 2.79. The SMILES string of the molecule is CC(=O)CC(=O)Nc1ccc(C2=NC(C)(C)CO2)cc1. The summed E-state index contributed by atoms with van der Waals surface area (Å²) in [7, 11) is 0. The van der Waals surface area contributed by atoms with Gasteiger partial charge in [0.25, 0.3) is 0 Å². The first-order valence-electron chi connectivity index (χ1n) is 6.48. The van der Waals surface area contributed by atoms with Crippen molar-refractivity contribution in [1.29, 1.82) is 0 Å². The van der Waals surface area contributed by atoms with Crippen LogP contribution in [0.15, 0.2) is 29.3 Å². The molecule has 0 atom stereocenters. The fourth-order valence-electron chi connectivity index (χ4n) is 1.86. The topological polar surface area (TPSA) is 67.8 Å². The molecule has 0 aromatic heterocycles. The molecule has 5 nitrogen and oxygen atoms in total. The van der Waals surface area contributed by atoms with Crippen molar-refractivity contribution in [3.05, 3.63) is 29.8 Å². The first-order valence-corrected chi connectivity index (χ1v) is 6.48. The first-order chi connectivity index (χ1) is 9.35. The van der Waals surface area contributed by atoms with E-state index in [0.29, 0.717) is 18.2 Å². The Balaban J connectivity index is 2.04. The number of Topliss-reactive ketones (excluding diaryl/α,β-unsaturated/α-hetero) is 1. The number of hydrogen-bond acceptors (Lipinski definition) is 4. The molecule has 106 valence electrons. The smallest absolute Gasteiger partial charge is 0.231 e. The van der Waals surface area contributed by atoms with Crippen LogP contribution in [-0.4, -0.2) is 29.7 Å². The molecule has 0 fully saturated rings. The van der Waals surface area contributed by atoms with E-state index < -0.39 is 0 Å². The van der Waals surface area contributed by atoms with Gasteiger partial charge in [0.15, 0.2) is 0 Å². The van der Waals surface area contributed by atoms with Gasteiger partial charge in [-0.25, -0.2) is 4.99 Å². The standard InChI is InChI=1S/C15H18N2O3/c1-10(18)8-13(19)16-12-6-4-11(5-7-12)14-17-15(2,3)9-20-14/h4-7H,8-9H2,1-3H3,(H,16,19). The lowest BCUT2D eigenvalue weighted by Crippen LogP contribution is -2.17. The second kappa shape index (κ2) is 5.45. The number of hydrogen-bond donors (Lipinski definition) is 1. The Labute approximate surface area is 118 Å². The summed E-state index contributed by atoms with van der Waals surface area (Å²) in [5.74, 6) is 0.160. The first kappa shape index (κ1) is 14.2. The number of nitrogens with one attached hydrogen (secondary N) is 1. The van der Waals surface area contributed by atoms with Crippen LogP contribution in [0.25, 0.3) is 0 Å². The molecule has 1 aromatic rings. The van der Waals surface area contributed by atoms with Crippen LogP contribution in [0.2, 0.25) is 0 Å². The van der Waals surface area contributed by atoms with Crippen LogP contribution in [0, 0.1) is 0 Å². The fraction of sp³-hybridized carbons (Fsp3) is 0.400. The van der Waals surface area contributed by atoms with Gasteiger partial charge in [0, 0.05) is 11.3 Å². The maximum absolute atomic E-state index is 11.5. The largest absolute Gasteiger partial charge is 0.475 e. The molecule has 1 amide bonds. The van der Waals surface area contributed by atoms with E-state index in [-0.39, 0.29) is 23.7 Å². The fourth-order valence-corrected chi connectivity index (χ4v) is 1.86. The van der Waals surface area contributed by atoms with Crippen molar-refractivity contribution < 1.29 is 14.3 Å². The lowest BCUT2D eigenvalue weighted by atomic mass is 10.1. The Morgan fingerprint density at radius 3 is 2.45 bits per heavy atom. The molecule has 0 spiro atoms. The normalized spacial score (nSPS) is 16.2. The zero-order valence-corrected chi connectivity index (χ0v) is 11.9. The van der Waals surface area contributed by atoms with Gasteiger partial charge in [-0.2, -0.15) is 0 Å². The minimum absolute atomic E-state index is 0.105. The van der Waals surface area contributed by atoms with Gasteiger partial charge in [0.2, 0.25) is 11.8 Å². The van der Waals surface area contributed by atoms with E-state index in [9.17, 15) is 9.59 Å². The van der Waals surface area contributed by atoms with Crippen molar-refractivity contribution >= 4 is 23.3 Å². The van der Waals surface area contributed by atoms with E-state index in [1.807, 2.05) is 26.0 Å². The molecule has 1 aliphatic rings. The molecule has 0 radical (unpaired) electrons. The molecule has 1 N–H and O–H groups in total. The molecule has 0 bridgehead atoms. The number of anilines is 1. The monoisotopic (exact) mass is 274 g/mol. The molecule has 1 aromatic carbocycles. The summed E-state index contributed by atoms with van der Waals surface area (Å²) in [6, 6.07) is 7.21. The molecule has 0 saturated heterocycles. The minimum Gasteiger partial charge on any atom is -0.475 e. The van der Waals surface area contributed by atoms with Crippen LogP contribution >= 0.6 is 0 Å². The summed E-state index contributed by atoms with van der Waals surface area (Å²) in [4.78, 5) is 26.8. The summed E-state index contributed by atoms with van der Waals surface area (Å²) in [6.45, 7) is 5.98. The zero-order valence-electron chi connectivity index (χ0n) is 11.9. The number of ether oxygens (including phenoxy) is 1. The Morgan fingerprint density at radius 1 is 1.30 bits per heavy atom. The maximum Gasteiger partial charge on any atom is 0.231 e. The van der Waals surface area contributed by atoms with E-state index >= 15 is 0 Å². The van der Waals surface area contributed by atoms with E-state index in [4.69, 9.17) is 4.74 Å². The van der Waals surface area contributed by atoms with Gasteiger partial charge in [-0.05, 0) is 45.0 Å². The molecule has 0 saturated carbocycles. The highest BCUT2D eigenvalue weighted by atomic mass is 16.5. The zero-order chi connectivity index (χ0) is 14.8. The number of ketones is 1. The van der Waals surface area contributed by atoms with Gasteiger partial charge >= 0.3 is 0 Å². The molecular formula is C15H18N2O3. The Kier molecular flexibility index (Phi) is 3.88. The van der Waals surface area contributed by atoms with Crippen LogP contribution in [0.1, 0.15) is 32.8 Å². The molecule has 1 heterocycles. The Morgan fingerprint density at radius 2 is 1.95 bits per heavy atom. The molecule has 20 heavy (non-hydrogen) atoms. The van der Waals surface area contributed by atoms with Crippen LogP contribution in [0.5, 0.6) is 0 Å².